The highest BCUT2D eigenvalue weighted by Gasteiger charge is 2.18. The fourth-order valence-electron chi connectivity index (χ4n) is 1.25. The molecule has 0 radical (unpaired) electrons. The Labute approximate surface area is 112 Å². The maximum atomic E-state index is 11.5. The lowest BCUT2D eigenvalue weighted by molar-refractivity contribution is -0.139. The predicted octanol–water partition coefficient (Wildman–Crippen LogP) is 1.41. The average molecular weight is 317 g/mol. The van der Waals surface area contributed by atoms with Crippen LogP contribution in [-0.2, 0) is 4.79 Å². The van der Waals surface area contributed by atoms with E-state index in [0.717, 1.165) is 4.47 Å². The van der Waals surface area contributed by atoms with E-state index in [0.29, 0.717) is 5.69 Å². The van der Waals surface area contributed by atoms with Crippen molar-refractivity contribution in [2.75, 3.05) is 11.9 Å². The first-order chi connectivity index (χ1) is 8.52. The van der Waals surface area contributed by atoms with Crippen molar-refractivity contribution in [2.45, 2.75) is 12.5 Å². The molecule has 0 aromatic heterocycles. The van der Waals surface area contributed by atoms with Crippen LogP contribution in [-0.4, -0.2) is 34.9 Å². The molecule has 0 unspecified atom stereocenters. The summed E-state index contributed by atoms with van der Waals surface area (Å²) in [5.41, 5.74) is 0.545. The van der Waals surface area contributed by atoms with Crippen LogP contribution in [0.15, 0.2) is 28.7 Å². The molecule has 0 aliphatic rings. The van der Waals surface area contributed by atoms with Crippen molar-refractivity contribution in [3.8, 4) is 0 Å². The SMILES string of the molecule is O=C(Nc1ccc(Br)cc1)N[C@@H](CCO)C(=O)O. The maximum Gasteiger partial charge on any atom is 0.326 e. The Kier molecular flexibility index (Phi) is 5.60. The highest BCUT2D eigenvalue weighted by atomic mass is 79.9. The van der Waals surface area contributed by atoms with E-state index >= 15 is 0 Å². The monoisotopic (exact) mass is 316 g/mol. The summed E-state index contributed by atoms with van der Waals surface area (Å²) in [5, 5.41) is 22.2. The molecular formula is C11H13BrN2O4. The number of aliphatic hydroxyl groups is 1. The number of nitrogens with one attached hydrogen (secondary N) is 2. The molecule has 0 saturated carbocycles. The number of hydrogen-bond acceptors (Lipinski definition) is 3. The van der Waals surface area contributed by atoms with E-state index < -0.39 is 18.0 Å². The van der Waals surface area contributed by atoms with Crippen LogP contribution in [0, 0.1) is 0 Å². The number of amides is 2. The van der Waals surface area contributed by atoms with Crippen molar-refractivity contribution in [3.63, 3.8) is 0 Å². The van der Waals surface area contributed by atoms with E-state index in [2.05, 4.69) is 26.6 Å². The highest BCUT2D eigenvalue weighted by Crippen LogP contribution is 2.13. The lowest BCUT2D eigenvalue weighted by atomic mass is 10.2. The van der Waals surface area contributed by atoms with Crippen molar-refractivity contribution in [1.82, 2.24) is 5.32 Å². The standard InChI is InChI=1S/C11H13BrN2O4/c12-7-1-3-8(4-2-7)13-11(18)14-9(5-6-15)10(16)17/h1-4,9,15H,5-6H2,(H,16,17)(H2,13,14,18)/t9-/m0/s1. The molecule has 6 nitrogen and oxygen atoms in total. The van der Waals surface area contributed by atoms with Crippen LogP contribution in [0.4, 0.5) is 10.5 Å². The quantitative estimate of drug-likeness (QED) is 0.660. The van der Waals surface area contributed by atoms with E-state index in [9.17, 15) is 9.59 Å². The molecule has 7 heteroatoms. The third-order valence-corrected chi connectivity index (χ3v) is 2.65. The topological polar surface area (TPSA) is 98.7 Å². The minimum Gasteiger partial charge on any atom is -0.480 e. The lowest BCUT2D eigenvalue weighted by Gasteiger charge is -2.13. The Bertz CT molecular complexity index is 422. The van der Waals surface area contributed by atoms with Gasteiger partial charge >= 0.3 is 12.0 Å². The molecule has 0 fully saturated rings. The summed E-state index contributed by atoms with van der Waals surface area (Å²) in [6, 6.07) is 5.11. The van der Waals surface area contributed by atoms with Crippen molar-refractivity contribution in [1.29, 1.82) is 0 Å². The summed E-state index contributed by atoms with van der Waals surface area (Å²) in [6.45, 7) is -0.310. The van der Waals surface area contributed by atoms with Gasteiger partial charge in [-0.05, 0) is 24.3 Å². The van der Waals surface area contributed by atoms with Crippen LogP contribution >= 0.6 is 15.9 Å². The number of anilines is 1. The molecule has 0 aliphatic heterocycles. The van der Waals surface area contributed by atoms with Gasteiger partial charge in [0.15, 0.2) is 0 Å². The van der Waals surface area contributed by atoms with E-state index in [1.54, 1.807) is 24.3 Å². The van der Waals surface area contributed by atoms with Crippen LogP contribution in [0.5, 0.6) is 0 Å². The molecule has 0 heterocycles. The van der Waals surface area contributed by atoms with Gasteiger partial charge in [-0.3, -0.25) is 0 Å². The van der Waals surface area contributed by atoms with Gasteiger partial charge in [0.1, 0.15) is 6.04 Å². The Morgan fingerprint density at radius 2 is 1.89 bits per heavy atom. The van der Waals surface area contributed by atoms with Gasteiger partial charge in [0.25, 0.3) is 0 Å². The first-order valence-corrected chi connectivity index (χ1v) is 5.99. The third-order valence-electron chi connectivity index (χ3n) is 2.12. The number of hydrogen-bond donors (Lipinski definition) is 4. The number of rotatable bonds is 5. The second-order valence-electron chi connectivity index (χ2n) is 3.51. The molecule has 98 valence electrons. The van der Waals surface area contributed by atoms with Gasteiger partial charge in [0, 0.05) is 23.2 Å². The van der Waals surface area contributed by atoms with Crippen molar-refractivity contribution in [2.24, 2.45) is 0 Å². The van der Waals surface area contributed by atoms with Gasteiger partial charge in [0.2, 0.25) is 0 Å². The molecule has 0 aliphatic carbocycles. The van der Waals surface area contributed by atoms with Gasteiger partial charge < -0.3 is 20.8 Å². The first kappa shape index (κ1) is 14.5. The smallest absolute Gasteiger partial charge is 0.326 e. The predicted molar refractivity (Wildman–Crippen MR) is 69.4 cm³/mol. The summed E-state index contributed by atoms with van der Waals surface area (Å²) in [5.74, 6) is -1.19. The summed E-state index contributed by atoms with van der Waals surface area (Å²) in [6.07, 6.45) is -0.0386. The molecule has 1 atom stereocenters. The minimum atomic E-state index is -1.19. The number of aliphatic hydroxyl groups excluding tert-OH is 1. The Hall–Kier alpha value is -1.60. The van der Waals surface area contributed by atoms with Crippen LogP contribution in [0.25, 0.3) is 0 Å². The minimum absolute atomic E-state index is 0.0386. The zero-order valence-electron chi connectivity index (χ0n) is 9.39. The van der Waals surface area contributed by atoms with E-state index in [1.165, 1.54) is 0 Å². The summed E-state index contributed by atoms with van der Waals surface area (Å²) in [4.78, 5) is 22.3. The number of halogens is 1. The first-order valence-electron chi connectivity index (χ1n) is 5.19. The zero-order valence-corrected chi connectivity index (χ0v) is 11.0. The number of benzene rings is 1. The number of carboxylic acids is 1. The summed E-state index contributed by atoms with van der Waals surface area (Å²) in [7, 11) is 0. The molecular weight excluding hydrogens is 304 g/mol. The Balaban J connectivity index is 2.54. The molecule has 4 N–H and O–H groups in total. The van der Waals surface area contributed by atoms with Gasteiger partial charge in [-0.25, -0.2) is 9.59 Å². The van der Waals surface area contributed by atoms with Gasteiger partial charge in [0.05, 0.1) is 0 Å². The zero-order chi connectivity index (χ0) is 13.5. The van der Waals surface area contributed by atoms with Crippen LogP contribution in [0.1, 0.15) is 6.42 Å². The average Bonchev–Trinajstić information content (AvgIpc) is 2.31. The maximum absolute atomic E-state index is 11.5. The van der Waals surface area contributed by atoms with Crippen LogP contribution in [0.2, 0.25) is 0 Å². The summed E-state index contributed by atoms with van der Waals surface area (Å²) < 4.78 is 0.872. The Morgan fingerprint density at radius 1 is 1.28 bits per heavy atom. The number of urea groups is 1. The molecule has 1 aromatic rings. The fraction of sp³-hybridized carbons (Fsp3) is 0.273. The molecule has 0 saturated heterocycles. The lowest BCUT2D eigenvalue weighted by Crippen LogP contribution is -2.43. The fourth-order valence-corrected chi connectivity index (χ4v) is 1.51. The van der Waals surface area contributed by atoms with Gasteiger partial charge in [-0.1, -0.05) is 15.9 Å². The number of aliphatic carboxylic acids is 1. The normalized spacial score (nSPS) is 11.7. The van der Waals surface area contributed by atoms with E-state index in [1.807, 2.05) is 0 Å². The van der Waals surface area contributed by atoms with Crippen molar-refractivity contribution >= 4 is 33.6 Å². The van der Waals surface area contributed by atoms with Crippen molar-refractivity contribution in [3.05, 3.63) is 28.7 Å². The number of carbonyl (C=O) groups is 2. The van der Waals surface area contributed by atoms with Gasteiger partial charge in [-0.15, -0.1) is 0 Å². The van der Waals surface area contributed by atoms with Crippen molar-refractivity contribution < 1.29 is 19.8 Å². The van der Waals surface area contributed by atoms with Gasteiger partial charge in [-0.2, -0.15) is 0 Å². The number of carbonyl (C=O) groups excluding carboxylic acids is 1. The summed E-state index contributed by atoms with van der Waals surface area (Å²) >= 11 is 3.26. The molecule has 18 heavy (non-hydrogen) atoms. The number of carboxylic acid groups (broad SMARTS) is 1. The second-order valence-corrected chi connectivity index (χ2v) is 4.42. The molecule has 1 rings (SSSR count). The molecule has 1 aromatic carbocycles. The third kappa shape index (κ3) is 4.72. The van der Waals surface area contributed by atoms with E-state index in [-0.39, 0.29) is 13.0 Å². The second kappa shape index (κ2) is 6.97. The Morgan fingerprint density at radius 3 is 2.39 bits per heavy atom. The molecule has 0 bridgehead atoms. The van der Waals surface area contributed by atoms with E-state index in [4.69, 9.17) is 10.2 Å². The molecule has 0 spiro atoms. The molecule has 2 amide bonds. The largest absolute Gasteiger partial charge is 0.480 e. The highest BCUT2D eigenvalue weighted by molar-refractivity contribution is 9.10. The van der Waals surface area contributed by atoms with Crippen LogP contribution < -0.4 is 10.6 Å². The van der Waals surface area contributed by atoms with Crippen LogP contribution in [0.3, 0.4) is 0 Å².